The van der Waals surface area contributed by atoms with Crippen molar-refractivity contribution >= 4 is 36.6 Å². The molecule has 1 aliphatic rings. The zero-order chi connectivity index (χ0) is 15.9. The molecule has 2 atom stereocenters. The lowest BCUT2D eigenvalue weighted by Crippen LogP contribution is -2.52. The third-order valence-electron chi connectivity index (χ3n) is 3.86. The Hall–Kier alpha value is -1.34. The summed E-state index contributed by atoms with van der Waals surface area (Å²) in [5.74, 6) is -0.859. The summed E-state index contributed by atoms with van der Waals surface area (Å²) >= 11 is 0. The van der Waals surface area contributed by atoms with Crippen molar-refractivity contribution in [1.82, 2.24) is 10.2 Å². The van der Waals surface area contributed by atoms with Crippen LogP contribution in [0.1, 0.15) is 24.8 Å². The Morgan fingerprint density at radius 2 is 1.92 bits per heavy atom. The fourth-order valence-corrected chi connectivity index (χ4v) is 2.78. The van der Waals surface area contributed by atoms with Gasteiger partial charge in [0, 0.05) is 19.1 Å². The number of benzene rings is 1. The summed E-state index contributed by atoms with van der Waals surface area (Å²) in [7, 11) is 0. The van der Waals surface area contributed by atoms with Crippen LogP contribution in [-0.4, -0.2) is 41.9 Å². The van der Waals surface area contributed by atoms with Gasteiger partial charge in [0.1, 0.15) is 0 Å². The number of likely N-dealkylation sites (tertiary alicyclic amines) is 1. The third-order valence-corrected chi connectivity index (χ3v) is 3.86. The summed E-state index contributed by atoms with van der Waals surface area (Å²) in [6, 6.07) is 9.48. The van der Waals surface area contributed by atoms with Crippen LogP contribution in [0.5, 0.6) is 0 Å². The fraction of sp³-hybridized carbons (Fsp3) is 0.500. The van der Waals surface area contributed by atoms with E-state index in [0.29, 0.717) is 0 Å². The first-order chi connectivity index (χ1) is 10.5. The van der Waals surface area contributed by atoms with Crippen molar-refractivity contribution < 1.29 is 9.59 Å². The van der Waals surface area contributed by atoms with Crippen LogP contribution in [0.3, 0.4) is 0 Å². The molecular formula is C16H26Cl2N4O2. The topological polar surface area (TPSA) is 101 Å². The van der Waals surface area contributed by atoms with E-state index in [2.05, 4.69) is 22.3 Å². The quantitative estimate of drug-likeness (QED) is 0.683. The third kappa shape index (κ3) is 7.49. The summed E-state index contributed by atoms with van der Waals surface area (Å²) < 4.78 is 0. The van der Waals surface area contributed by atoms with Crippen LogP contribution in [0.25, 0.3) is 0 Å². The van der Waals surface area contributed by atoms with Gasteiger partial charge in [0.25, 0.3) is 0 Å². The van der Waals surface area contributed by atoms with Gasteiger partial charge in [0.2, 0.25) is 11.8 Å². The molecule has 1 aliphatic heterocycles. The van der Waals surface area contributed by atoms with Gasteiger partial charge in [-0.05, 0) is 24.9 Å². The molecule has 2 unspecified atom stereocenters. The summed E-state index contributed by atoms with van der Waals surface area (Å²) in [5.41, 5.74) is 12.0. The predicted octanol–water partition coefficient (Wildman–Crippen LogP) is 0.813. The lowest BCUT2D eigenvalue weighted by atomic mass is 10.0. The standard InChI is InChI=1S/C16H24N4O2.2ClH/c17-14(9-15(18)21)16(22)19-13-7-4-8-20(11-13)10-12-5-2-1-3-6-12;;/h1-3,5-6,13-14H,4,7-11,17H2,(H2,18,21)(H,19,22);2*1H. The highest BCUT2D eigenvalue weighted by Gasteiger charge is 2.24. The molecule has 5 N–H and O–H groups in total. The van der Waals surface area contributed by atoms with Gasteiger partial charge in [-0.2, -0.15) is 0 Å². The zero-order valence-electron chi connectivity index (χ0n) is 13.5. The Morgan fingerprint density at radius 1 is 1.25 bits per heavy atom. The van der Waals surface area contributed by atoms with E-state index < -0.39 is 11.9 Å². The van der Waals surface area contributed by atoms with Crippen molar-refractivity contribution in [2.45, 2.75) is 37.9 Å². The van der Waals surface area contributed by atoms with E-state index in [4.69, 9.17) is 11.5 Å². The molecule has 1 aromatic rings. The van der Waals surface area contributed by atoms with E-state index in [1.54, 1.807) is 0 Å². The maximum Gasteiger partial charge on any atom is 0.237 e. The molecule has 6 nitrogen and oxygen atoms in total. The minimum Gasteiger partial charge on any atom is -0.370 e. The van der Waals surface area contributed by atoms with Crippen molar-refractivity contribution in [3.8, 4) is 0 Å². The molecule has 0 bridgehead atoms. The largest absolute Gasteiger partial charge is 0.370 e. The number of hydrogen-bond donors (Lipinski definition) is 3. The molecule has 0 saturated carbocycles. The molecule has 0 radical (unpaired) electrons. The van der Waals surface area contributed by atoms with Gasteiger partial charge in [-0.1, -0.05) is 30.3 Å². The molecule has 8 heteroatoms. The molecule has 0 aliphatic carbocycles. The number of halogens is 2. The van der Waals surface area contributed by atoms with E-state index in [0.717, 1.165) is 32.5 Å². The summed E-state index contributed by atoms with van der Waals surface area (Å²) in [5, 5.41) is 2.93. The number of primary amides is 1. The van der Waals surface area contributed by atoms with Crippen molar-refractivity contribution in [1.29, 1.82) is 0 Å². The highest BCUT2D eigenvalue weighted by atomic mass is 35.5. The van der Waals surface area contributed by atoms with Gasteiger partial charge < -0.3 is 16.8 Å². The Morgan fingerprint density at radius 3 is 2.54 bits per heavy atom. The molecule has 1 aromatic carbocycles. The zero-order valence-corrected chi connectivity index (χ0v) is 15.2. The van der Waals surface area contributed by atoms with Crippen LogP contribution < -0.4 is 16.8 Å². The summed E-state index contributed by atoms with van der Waals surface area (Å²) in [4.78, 5) is 25.1. The Labute approximate surface area is 155 Å². The molecule has 136 valence electrons. The Bertz CT molecular complexity index is 516. The minimum absolute atomic E-state index is 0. The first-order valence-corrected chi connectivity index (χ1v) is 7.65. The molecule has 0 aromatic heterocycles. The second-order valence-electron chi connectivity index (χ2n) is 5.85. The predicted molar refractivity (Wildman–Crippen MR) is 99.2 cm³/mol. The first kappa shape index (κ1) is 22.7. The summed E-state index contributed by atoms with van der Waals surface area (Å²) in [6.07, 6.45) is 1.84. The number of rotatable bonds is 6. The van der Waals surface area contributed by atoms with Crippen molar-refractivity contribution in [3.63, 3.8) is 0 Å². The van der Waals surface area contributed by atoms with Gasteiger partial charge in [-0.15, -0.1) is 24.8 Å². The first-order valence-electron chi connectivity index (χ1n) is 7.65. The Kier molecular flexibility index (Phi) is 10.6. The number of amides is 2. The number of carbonyl (C=O) groups excluding carboxylic acids is 2. The van der Waals surface area contributed by atoms with Crippen LogP contribution in [0, 0.1) is 0 Å². The van der Waals surface area contributed by atoms with Gasteiger partial charge >= 0.3 is 0 Å². The van der Waals surface area contributed by atoms with Gasteiger partial charge in [0.15, 0.2) is 0 Å². The highest BCUT2D eigenvalue weighted by Crippen LogP contribution is 2.13. The van der Waals surface area contributed by atoms with Gasteiger partial charge in [-0.25, -0.2) is 0 Å². The normalized spacial score (nSPS) is 18.6. The lowest BCUT2D eigenvalue weighted by Gasteiger charge is -2.33. The van der Waals surface area contributed by atoms with E-state index in [1.807, 2.05) is 18.2 Å². The number of nitrogens with one attached hydrogen (secondary N) is 1. The molecule has 0 spiro atoms. The second-order valence-corrected chi connectivity index (χ2v) is 5.85. The number of hydrogen-bond acceptors (Lipinski definition) is 4. The SMILES string of the molecule is Cl.Cl.NC(=O)CC(N)C(=O)NC1CCCN(Cc2ccccc2)C1. The number of nitrogens with two attached hydrogens (primary N) is 2. The number of piperidine rings is 1. The van der Waals surface area contributed by atoms with E-state index in [9.17, 15) is 9.59 Å². The number of nitrogens with zero attached hydrogens (tertiary/aromatic N) is 1. The molecule has 1 heterocycles. The molecule has 24 heavy (non-hydrogen) atoms. The number of carbonyl (C=O) groups is 2. The maximum absolute atomic E-state index is 11.9. The van der Waals surface area contributed by atoms with E-state index in [1.165, 1.54) is 5.56 Å². The van der Waals surface area contributed by atoms with Gasteiger partial charge in [-0.3, -0.25) is 14.5 Å². The van der Waals surface area contributed by atoms with Crippen molar-refractivity contribution in [3.05, 3.63) is 35.9 Å². The maximum atomic E-state index is 11.9. The summed E-state index contributed by atoms with van der Waals surface area (Å²) in [6.45, 7) is 2.69. The average Bonchev–Trinajstić information content (AvgIpc) is 2.48. The van der Waals surface area contributed by atoms with Crippen molar-refractivity contribution in [2.24, 2.45) is 11.5 Å². The minimum atomic E-state index is -0.859. The average molecular weight is 377 g/mol. The molecule has 1 saturated heterocycles. The van der Waals surface area contributed by atoms with E-state index >= 15 is 0 Å². The monoisotopic (exact) mass is 376 g/mol. The second kappa shape index (κ2) is 11.3. The lowest BCUT2D eigenvalue weighted by molar-refractivity contribution is -0.127. The fourth-order valence-electron chi connectivity index (χ4n) is 2.78. The smallest absolute Gasteiger partial charge is 0.237 e. The van der Waals surface area contributed by atoms with Crippen LogP contribution >= 0.6 is 24.8 Å². The Balaban J connectivity index is 0.00000264. The van der Waals surface area contributed by atoms with Crippen LogP contribution in [0.15, 0.2) is 30.3 Å². The molecule has 2 amide bonds. The molecular weight excluding hydrogens is 351 g/mol. The molecule has 2 rings (SSSR count). The van der Waals surface area contributed by atoms with Crippen LogP contribution in [0.2, 0.25) is 0 Å². The molecule has 1 fully saturated rings. The van der Waals surface area contributed by atoms with Crippen LogP contribution in [-0.2, 0) is 16.1 Å². The van der Waals surface area contributed by atoms with E-state index in [-0.39, 0.29) is 43.2 Å². The highest BCUT2D eigenvalue weighted by molar-refractivity contribution is 5.87. The van der Waals surface area contributed by atoms with Crippen molar-refractivity contribution in [2.75, 3.05) is 13.1 Å². The van der Waals surface area contributed by atoms with Gasteiger partial charge in [0.05, 0.1) is 12.5 Å². The van der Waals surface area contributed by atoms with Crippen LogP contribution in [0.4, 0.5) is 0 Å².